The molecule has 0 radical (unpaired) electrons. The van der Waals surface area contributed by atoms with Crippen LogP contribution in [-0.4, -0.2) is 27.1 Å². The zero-order valence-electron chi connectivity index (χ0n) is 11.3. The van der Waals surface area contributed by atoms with Crippen molar-refractivity contribution in [2.24, 2.45) is 0 Å². The van der Waals surface area contributed by atoms with E-state index < -0.39 is 0 Å². The molecule has 0 spiro atoms. The molecule has 0 N–H and O–H groups in total. The van der Waals surface area contributed by atoms with Crippen LogP contribution >= 0.6 is 23.4 Å². The highest BCUT2D eigenvalue weighted by molar-refractivity contribution is 7.99. The van der Waals surface area contributed by atoms with Gasteiger partial charge in [-0.2, -0.15) is 0 Å². The molecule has 0 aliphatic carbocycles. The summed E-state index contributed by atoms with van der Waals surface area (Å²) in [5.41, 5.74) is 0. The van der Waals surface area contributed by atoms with Gasteiger partial charge in [0.1, 0.15) is 11.6 Å². The lowest BCUT2D eigenvalue weighted by Crippen LogP contribution is -2.04. The van der Waals surface area contributed by atoms with Gasteiger partial charge in [-0.25, -0.2) is 0 Å². The van der Waals surface area contributed by atoms with Crippen molar-refractivity contribution in [1.29, 1.82) is 0 Å². The van der Waals surface area contributed by atoms with Crippen LogP contribution in [0.4, 0.5) is 0 Å². The Morgan fingerprint density at radius 2 is 2.20 bits per heavy atom. The molecule has 6 heteroatoms. The molecule has 0 aliphatic rings. The Labute approximate surface area is 127 Å². The van der Waals surface area contributed by atoms with E-state index in [4.69, 9.17) is 16.3 Å². The fourth-order valence-corrected chi connectivity index (χ4v) is 2.65. The van der Waals surface area contributed by atoms with Crippen molar-refractivity contribution in [3.63, 3.8) is 0 Å². The van der Waals surface area contributed by atoms with Gasteiger partial charge in [-0.1, -0.05) is 41.6 Å². The minimum absolute atomic E-state index is 0.564. The van der Waals surface area contributed by atoms with Crippen molar-refractivity contribution in [3.8, 4) is 5.75 Å². The first-order chi connectivity index (χ1) is 9.72. The third-order valence-corrected chi connectivity index (χ3v) is 3.87. The van der Waals surface area contributed by atoms with Gasteiger partial charge < -0.3 is 9.30 Å². The monoisotopic (exact) mass is 309 g/mol. The number of aromatic nitrogens is 3. The van der Waals surface area contributed by atoms with Gasteiger partial charge >= 0.3 is 0 Å². The standard InChI is InChI=1S/C14H16ClN3OS/c1-3-8-18-11(2)16-17-14(18)20-10-9-19-13-7-5-4-6-12(13)15/h3-7H,1,8-10H2,2H3. The normalized spacial score (nSPS) is 10.5. The van der Waals surface area contributed by atoms with Gasteiger partial charge in [0.15, 0.2) is 5.16 Å². The van der Waals surface area contributed by atoms with Crippen LogP contribution in [0, 0.1) is 6.92 Å². The topological polar surface area (TPSA) is 39.9 Å². The van der Waals surface area contributed by atoms with Crippen molar-refractivity contribution >= 4 is 23.4 Å². The number of aryl methyl sites for hydroxylation is 1. The number of para-hydroxylation sites is 1. The van der Waals surface area contributed by atoms with Crippen LogP contribution < -0.4 is 4.74 Å². The maximum absolute atomic E-state index is 6.02. The van der Waals surface area contributed by atoms with Crippen molar-refractivity contribution in [3.05, 3.63) is 47.8 Å². The predicted molar refractivity (Wildman–Crippen MR) is 82.6 cm³/mol. The average molecular weight is 310 g/mol. The van der Waals surface area contributed by atoms with Gasteiger partial charge in [-0.15, -0.1) is 16.8 Å². The van der Waals surface area contributed by atoms with E-state index in [-0.39, 0.29) is 0 Å². The lowest BCUT2D eigenvalue weighted by molar-refractivity contribution is 0.344. The van der Waals surface area contributed by atoms with Crippen LogP contribution in [-0.2, 0) is 6.54 Å². The van der Waals surface area contributed by atoms with Crippen LogP contribution in [0.1, 0.15) is 5.82 Å². The first kappa shape index (κ1) is 14.9. The fourth-order valence-electron chi connectivity index (χ4n) is 1.65. The summed E-state index contributed by atoms with van der Waals surface area (Å²) in [5, 5.41) is 9.72. The summed E-state index contributed by atoms with van der Waals surface area (Å²) in [6, 6.07) is 7.45. The van der Waals surface area contributed by atoms with Crippen molar-refractivity contribution in [2.45, 2.75) is 18.6 Å². The van der Waals surface area contributed by atoms with E-state index in [9.17, 15) is 0 Å². The predicted octanol–water partition coefficient (Wildman–Crippen LogP) is 3.60. The average Bonchev–Trinajstić information content (AvgIpc) is 2.79. The molecule has 1 aromatic carbocycles. The molecular weight excluding hydrogens is 294 g/mol. The highest BCUT2D eigenvalue weighted by Crippen LogP contribution is 2.24. The number of allylic oxidation sites excluding steroid dienone is 1. The molecule has 20 heavy (non-hydrogen) atoms. The zero-order valence-corrected chi connectivity index (χ0v) is 12.8. The third-order valence-electron chi connectivity index (χ3n) is 2.62. The molecule has 0 aliphatic heterocycles. The first-order valence-corrected chi connectivity index (χ1v) is 7.59. The molecule has 0 bridgehead atoms. The second-order valence-corrected chi connectivity index (χ2v) is 5.53. The van der Waals surface area contributed by atoms with Gasteiger partial charge in [0, 0.05) is 12.3 Å². The minimum atomic E-state index is 0.564. The van der Waals surface area contributed by atoms with Crippen LogP contribution in [0.3, 0.4) is 0 Å². The van der Waals surface area contributed by atoms with E-state index in [2.05, 4.69) is 16.8 Å². The Kier molecular flexibility index (Phi) is 5.49. The number of hydrogen-bond donors (Lipinski definition) is 0. The summed E-state index contributed by atoms with van der Waals surface area (Å²) in [7, 11) is 0. The summed E-state index contributed by atoms with van der Waals surface area (Å²) in [6.07, 6.45) is 1.83. The maximum atomic E-state index is 6.02. The highest BCUT2D eigenvalue weighted by atomic mass is 35.5. The molecule has 0 unspecified atom stereocenters. The molecule has 2 rings (SSSR count). The molecule has 4 nitrogen and oxygen atoms in total. The summed E-state index contributed by atoms with van der Waals surface area (Å²) >= 11 is 7.63. The number of thioether (sulfide) groups is 1. The number of halogens is 1. The quantitative estimate of drug-likeness (QED) is 0.445. The lowest BCUT2D eigenvalue weighted by atomic mass is 10.3. The molecule has 0 saturated heterocycles. The Balaban J connectivity index is 1.85. The summed E-state index contributed by atoms with van der Waals surface area (Å²) in [6.45, 7) is 6.95. The molecule has 1 aromatic heterocycles. The van der Waals surface area contributed by atoms with Gasteiger partial charge in [0.25, 0.3) is 0 Å². The SMILES string of the molecule is C=CCn1c(C)nnc1SCCOc1ccccc1Cl. The zero-order chi connectivity index (χ0) is 14.4. The summed E-state index contributed by atoms with van der Waals surface area (Å²) < 4.78 is 7.66. The smallest absolute Gasteiger partial charge is 0.191 e. The van der Waals surface area contributed by atoms with E-state index in [0.29, 0.717) is 23.9 Å². The van der Waals surface area contributed by atoms with E-state index in [1.807, 2.05) is 41.8 Å². The van der Waals surface area contributed by atoms with Crippen LogP contribution in [0.25, 0.3) is 0 Å². The second kappa shape index (κ2) is 7.36. The Morgan fingerprint density at radius 3 is 2.95 bits per heavy atom. The van der Waals surface area contributed by atoms with Gasteiger partial charge in [0.2, 0.25) is 0 Å². The number of ether oxygens (including phenoxy) is 1. The number of hydrogen-bond acceptors (Lipinski definition) is 4. The van der Waals surface area contributed by atoms with Crippen LogP contribution in [0.15, 0.2) is 42.1 Å². The van der Waals surface area contributed by atoms with Crippen molar-refractivity contribution in [2.75, 3.05) is 12.4 Å². The van der Waals surface area contributed by atoms with Crippen molar-refractivity contribution < 1.29 is 4.74 Å². The number of benzene rings is 1. The Bertz CT molecular complexity index is 586. The van der Waals surface area contributed by atoms with Gasteiger partial charge in [-0.05, 0) is 19.1 Å². The Hall–Kier alpha value is -1.46. The van der Waals surface area contributed by atoms with E-state index in [1.54, 1.807) is 11.8 Å². The molecular formula is C14H16ClN3OS. The van der Waals surface area contributed by atoms with Gasteiger partial charge in [-0.3, -0.25) is 0 Å². The second-order valence-electron chi connectivity index (χ2n) is 4.06. The van der Waals surface area contributed by atoms with Crippen LogP contribution in [0.2, 0.25) is 5.02 Å². The maximum Gasteiger partial charge on any atom is 0.191 e. The lowest BCUT2D eigenvalue weighted by Gasteiger charge is -2.08. The highest BCUT2D eigenvalue weighted by Gasteiger charge is 2.08. The number of rotatable bonds is 7. The third kappa shape index (κ3) is 3.77. The first-order valence-electron chi connectivity index (χ1n) is 6.23. The minimum Gasteiger partial charge on any atom is -0.491 e. The Morgan fingerprint density at radius 1 is 1.40 bits per heavy atom. The largest absolute Gasteiger partial charge is 0.491 e. The summed E-state index contributed by atoms with van der Waals surface area (Å²) in [5.74, 6) is 2.37. The van der Waals surface area contributed by atoms with E-state index in [0.717, 1.165) is 16.7 Å². The molecule has 0 amide bonds. The van der Waals surface area contributed by atoms with E-state index in [1.165, 1.54) is 0 Å². The molecule has 1 heterocycles. The number of nitrogens with zero attached hydrogens (tertiary/aromatic N) is 3. The molecule has 0 fully saturated rings. The molecule has 106 valence electrons. The summed E-state index contributed by atoms with van der Waals surface area (Å²) in [4.78, 5) is 0. The van der Waals surface area contributed by atoms with Crippen molar-refractivity contribution in [1.82, 2.24) is 14.8 Å². The molecule has 0 saturated carbocycles. The molecule has 2 aromatic rings. The van der Waals surface area contributed by atoms with Crippen LogP contribution in [0.5, 0.6) is 5.75 Å². The molecule has 0 atom stereocenters. The fraction of sp³-hybridized carbons (Fsp3) is 0.286. The van der Waals surface area contributed by atoms with Gasteiger partial charge in [0.05, 0.1) is 11.6 Å². The van der Waals surface area contributed by atoms with E-state index >= 15 is 0 Å².